The quantitative estimate of drug-likeness (QED) is 0.844. The second kappa shape index (κ2) is 5.59. The van der Waals surface area contributed by atoms with E-state index in [1.165, 1.54) is 0 Å². The van der Waals surface area contributed by atoms with Crippen molar-refractivity contribution in [2.24, 2.45) is 0 Å². The zero-order chi connectivity index (χ0) is 12.3. The standard InChI is InChI=1S/C11H18BrN3O/c1-8-10(12)9(2)15(11(16)13-8)7-5-6-14(3)4/h5-7H2,1-4H3. The Morgan fingerprint density at radius 2 is 2.00 bits per heavy atom. The van der Waals surface area contributed by atoms with Crippen molar-refractivity contribution in [3.8, 4) is 0 Å². The molecular formula is C11H18BrN3O. The summed E-state index contributed by atoms with van der Waals surface area (Å²) in [4.78, 5) is 17.8. The Labute approximate surface area is 104 Å². The third-order valence-corrected chi connectivity index (χ3v) is 3.67. The zero-order valence-corrected chi connectivity index (χ0v) is 11.8. The van der Waals surface area contributed by atoms with E-state index in [1.807, 2.05) is 27.9 Å². The van der Waals surface area contributed by atoms with E-state index in [0.29, 0.717) is 6.54 Å². The Balaban J connectivity index is 2.88. The lowest BCUT2D eigenvalue weighted by Crippen LogP contribution is -2.28. The van der Waals surface area contributed by atoms with Crippen molar-refractivity contribution in [3.05, 3.63) is 26.3 Å². The largest absolute Gasteiger partial charge is 0.348 e. The molecule has 0 spiro atoms. The summed E-state index contributed by atoms with van der Waals surface area (Å²) in [5.41, 5.74) is 1.56. The first-order chi connectivity index (χ1) is 7.43. The Kier molecular flexibility index (Phi) is 4.68. The van der Waals surface area contributed by atoms with E-state index in [0.717, 1.165) is 28.8 Å². The summed E-state index contributed by atoms with van der Waals surface area (Å²) in [6.45, 7) is 5.46. The Hall–Kier alpha value is -0.680. The lowest BCUT2D eigenvalue weighted by Gasteiger charge is -2.13. The SMILES string of the molecule is Cc1nc(=O)n(CCCN(C)C)c(C)c1Br. The van der Waals surface area contributed by atoms with Gasteiger partial charge >= 0.3 is 5.69 Å². The third kappa shape index (κ3) is 3.15. The Bertz CT molecular complexity index is 426. The first-order valence-electron chi connectivity index (χ1n) is 5.31. The van der Waals surface area contributed by atoms with Gasteiger partial charge in [-0.05, 0) is 56.8 Å². The summed E-state index contributed by atoms with van der Waals surface area (Å²) in [6, 6.07) is 0. The fourth-order valence-corrected chi connectivity index (χ4v) is 1.89. The average molecular weight is 288 g/mol. The number of hydrogen-bond acceptors (Lipinski definition) is 3. The van der Waals surface area contributed by atoms with Gasteiger partial charge in [0.2, 0.25) is 0 Å². The maximum atomic E-state index is 11.7. The molecule has 0 radical (unpaired) electrons. The maximum absolute atomic E-state index is 11.7. The topological polar surface area (TPSA) is 38.1 Å². The minimum Gasteiger partial charge on any atom is -0.309 e. The van der Waals surface area contributed by atoms with Gasteiger partial charge in [0.15, 0.2) is 0 Å². The fraction of sp³-hybridized carbons (Fsp3) is 0.636. The lowest BCUT2D eigenvalue weighted by atomic mass is 10.3. The van der Waals surface area contributed by atoms with E-state index in [1.54, 1.807) is 4.57 Å². The lowest BCUT2D eigenvalue weighted by molar-refractivity contribution is 0.382. The van der Waals surface area contributed by atoms with Gasteiger partial charge in [-0.3, -0.25) is 4.57 Å². The molecule has 0 bridgehead atoms. The molecule has 0 saturated carbocycles. The molecule has 0 aliphatic heterocycles. The summed E-state index contributed by atoms with van der Waals surface area (Å²) < 4.78 is 2.65. The van der Waals surface area contributed by atoms with Gasteiger partial charge in [-0.2, -0.15) is 4.98 Å². The number of nitrogens with zero attached hydrogens (tertiary/aromatic N) is 3. The monoisotopic (exact) mass is 287 g/mol. The molecule has 5 heteroatoms. The second-order valence-electron chi connectivity index (χ2n) is 4.19. The molecule has 0 N–H and O–H groups in total. The van der Waals surface area contributed by atoms with Crippen molar-refractivity contribution < 1.29 is 0 Å². The van der Waals surface area contributed by atoms with Crippen LogP contribution in [-0.2, 0) is 6.54 Å². The van der Waals surface area contributed by atoms with Crippen LogP contribution in [0.4, 0.5) is 0 Å². The van der Waals surface area contributed by atoms with Gasteiger partial charge in [0.25, 0.3) is 0 Å². The van der Waals surface area contributed by atoms with E-state index in [9.17, 15) is 4.79 Å². The van der Waals surface area contributed by atoms with Gasteiger partial charge in [-0.15, -0.1) is 0 Å². The van der Waals surface area contributed by atoms with Crippen LogP contribution in [0.15, 0.2) is 9.27 Å². The fourth-order valence-electron chi connectivity index (χ4n) is 1.59. The van der Waals surface area contributed by atoms with Gasteiger partial charge < -0.3 is 4.90 Å². The predicted octanol–water partition coefficient (Wildman–Crippen LogP) is 1.57. The summed E-state index contributed by atoms with van der Waals surface area (Å²) in [5, 5.41) is 0. The normalized spacial score (nSPS) is 11.1. The van der Waals surface area contributed by atoms with Crippen LogP contribution < -0.4 is 5.69 Å². The van der Waals surface area contributed by atoms with Gasteiger partial charge in [0.05, 0.1) is 10.2 Å². The molecule has 0 atom stereocenters. The van der Waals surface area contributed by atoms with Crippen molar-refractivity contribution in [1.82, 2.24) is 14.5 Å². The van der Waals surface area contributed by atoms with Crippen LogP contribution in [0, 0.1) is 13.8 Å². The summed E-state index contributed by atoms with van der Waals surface area (Å²) in [6.07, 6.45) is 0.949. The van der Waals surface area contributed by atoms with E-state index in [4.69, 9.17) is 0 Å². The average Bonchev–Trinajstić information content (AvgIpc) is 2.19. The van der Waals surface area contributed by atoms with E-state index in [2.05, 4.69) is 25.8 Å². The van der Waals surface area contributed by atoms with Crippen LogP contribution in [0.3, 0.4) is 0 Å². The zero-order valence-electron chi connectivity index (χ0n) is 10.2. The molecule has 4 nitrogen and oxygen atoms in total. The second-order valence-corrected chi connectivity index (χ2v) is 4.98. The van der Waals surface area contributed by atoms with E-state index >= 15 is 0 Å². The molecule has 0 fully saturated rings. The Morgan fingerprint density at radius 3 is 2.56 bits per heavy atom. The molecule has 1 aromatic heterocycles. The molecule has 0 saturated heterocycles. The van der Waals surface area contributed by atoms with E-state index in [-0.39, 0.29) is 5.69 Å². The molecule has 0 aliphatic carbocycles. The van der Waals surface area contributed by atoms with E-state index < -0.39 is 0 Å². The van der Waals surface area contributed by atoms with Crippen LogP contribution in [-0.4, -0.2) is 35.1 Å². The number of halogens is 1. The molecule has 16 heavy (non-hydrogen) atoms. The number of aromatic nitrogens is 2. The van der Waals surface area contributed by atoms with Crippen LogP contribution >= 0.6 is 15.9 Å². The molecular weight excluding hydrogens is 270 g/mol. The summed E-state index contributed by atoms with van der Waals surface area (Å²) in [7, 11) is 4.05. The van der Waals surface area contributed by atoms with Crippen molar-refractivity contribution in [1.29, 1.82) is 0 Å². The minimum absolute atomic E-state index is 0.156. The van der Waals surface area contributed by atoms with Gasteiger partial charge in [-0.1, -0.05) is 0 Å². The van der Waals surface area contributed by atoms with Crippen molar-refractivity contribution in [3.63, 3.8) is 0 Å². The smallest absolute Gasteiger partial charge is 0.309 e. The highest BCUT2D eigenvalue weighted by atomic mass is 79.9. The molecule has 1 rings (SSSR count). The first kappa shape index (κ1) is 13.4. The van der Waals surface area contributed by atoms with Crippen molar-refractivity contribution in [2.75, 3.05) is 20.6 Å². The van der Waals surface area contributed by atoms with Crippen LogP contribution in [0.25, 0.3) is 0 Å². The molecule has 0 aliphatic rings. The molecule has 0 amide bonds. The number of hydrogen-bond donors (Lipinski definition) is 0. The number of rotatable bonds is 4. The van der Waals surface area contributed by atoms with Crippen LogP contribution in [0.2, 0.25) is 0 Å². The molecule has 1 heterocycles. The van der Waals surface area contributed by atoms with Crippen LogP contribution in [0.5, 0.6) is 0 Å². The van der Waals surface area contributed by atoms with Crippen molar-refractivity contribution >= 4 is 15.9 Å². The molecule has 0 unspecified atom stereocenters. The summed E-state index contributed by atoms with van der Waals surface area (Å²) in [5.74, 6) is 0. The van der Waals surface area contributed by atoms with Gasteiger partial charge in [0, 0.05) is 12.2 Å². The summed E-state index contributed by atoms with van der Waals surface area (Å²) >= 11 is 3.45. The first-order valence-corrected chi connectivity index (χ1v) is 6.11. The highest BCUT2D eigenvalue weighted by Crippen LogP contribution is 2.16. The highest BCUT2D eigenvalue weighted by Gasteiger charge is 2.08. The molecule has 0 aromatic carbocycles. The molecule has 90 valence electrons. The highest BCUT2D eigenvalue weighted by molar-refractivity contribution is 9.10. The molecule has 1 aromatic rings. The van der Waals surface area contributed by atoms with Gasteiger partial charge in [0.1, 0.15) is 0 Å². The van der Waals surface area contributed by atoms with Gasteiger partial charge in [-0.25, -0.2) is 4.79 Å². The maximum Gasteiger partial charge on any atom is 0.348 e. The third-order valence-electron chi connectivity index (χ3n) is 2.52. The minimum atomic E-state index is -0.156. The number of aryl methyl sites for hydroxylation is 1. The Morgan fingerprint density at radius 1 is 1.38 bits per heavy atom. The van der Waals surface area contributed by atoms with Crippen molar-refractivity contribution in [2.45, 2.75) is 26.8 Å². The predicted molar refractivity (Wildman–Crippen MR) is 68.8 cm³/mol. The van der Waals surface area contributed by atoms with Crippen LogP contribution in [0.1, 0.15) is 17.8 Å².